The minimum absolute atomic E-state index is 0.0405. The summed E-state index contributed by atoms with van der Waals surface area (Å²) in [5, 5.41) is 9.00. The van der Waals surface area contributed by atoms with Crippen LogP contribution in [0.25, 0.3) is 0 Å². The maximum absolute atomic E-state index is 11.5. The Labute approximate surface area is 125 Å². The monoisotopic (exact) mass is 295 g/mol. The van der Waals surface area contributed by atoms with E-state index in [1.165, 1.54) is 0 Å². The molecule has 7 heteroatoms. The molecule has 1 heterocycles. The van der Waals surface area contributed by atoms with Crippen molar-refractivity contribution >= 4 is 11.9 Å². The molecule has 0 radical (unpaired) electrons. The van der Waals surface area contributed by atoms with Crippen molar-refractivity contribution in [1.29, 1.82) is 0 Å². The van der Waals surface area contributed by atoms with Crippen molar-refractivity contribution in [1.82, 2.24) is 20.9 Å². The van der Waals surface area contributed by atoms with Crippen LogP contribution in [0.3, 0.4) is 0 Å². The number of rotatable bonds is 7. The Morgan fingerprint density at radius 2 is 2.00 bits per heavy atom. The fourth-order valence-corrected chi connectivity index (χ4v) is 1.64. The van der Waals surface area contributed by atoms with Crippen LogP contribution in [-0.2, 0) is 11.3 Å². The van der Waals surface area contributed by atoms with E-state index >= 15 is 0 Å². The van der Waals surface area contributed by atoms with Crippen molar-refractivity contribution in [2.45, 2.75) is 40.2 Å². The number of oxazole rings is 1. The molecule has 0 unspecified atom stereocenters. The van der Waals surface area contributed by atoms with Crippen molar-refractivity contribution in [2.24, 2.45) is 4.99 Å². The van der Waals surface area contributed by atoms with Crippen molar-refractivity contribution < 1.29 is 9.21 Å². The van der Waals surface area contributed by atoms with E-state index in [-0.39, 0.29) is 5.91 Å². The molecule has 0 aliphatic carbocycles. The van der Waals surface area contributed by atoms with E-state index < -0.39 is 0 Å². The van der Waals surface area contributed by atoms with E-state index in [1.54, 1.807) is 7.05 Å². The fourth-order valence-electron chi connectivity index (χ4n) is 1.64. The molecule has 118 valence electrons. The third kappa shape index (κ3) is 6.29. The van der Waals surface area contributed by atoms with Gasteiger partial charge < -0.3 is 20.4 Å². The fraction of sp³-hybridized carbons (Fsp3) is 0.643. The Bertz CT molecular complexity index is 462. The molecule has 1 rings (SSSR count). The van der Waals surface area contributed by atoms with Crippen LogP contribution in [0.4, 0.5) is 0 Å². The molecule has 0 spiro atoms. The SMILES string of the molecule is CCCNC(=O)CCNC(=NC)NCc1nc(C)c(C)o1. The van der Waals surface area contributed by atoms with Crippen LogP contribution in [-0.4, -0.2) is 37.0 Å². The van der Waals surface area contributed by atoms with Gasteiger partial charge in [-0.15, -0.1) is 0 Å². The molecule has 1 aromatic heterocycles. The van der Waals surface area contributed by atoms with Gasteiger partial charge in [0.1, 0.15) is 5.76 Å². The molecule has 0 bridgehead atoms. The summed E-state index contributed by atoms with van der Waals surface area (Å²) in [5.41, 5.74) is 0.891. The second kappa shape index (κ2) is 8.99. The molecule has 0 aliphatic heterocycles. The zero-order valence-electron chi connectivity index (χ0n) is 13.2. The molecule has 0 aromatic carbocycles. The Balaban J connectivity index is 2.27. The number of carbonyl (C=O) groups excluding carboxylic acids is 1. The maximum atomic E-state index is 11.5. The lowest BCUT2D eigenvalue weighted by atomic mass is 10.4. The zero-order chi connectivity index (χ0) is 15.7. The van der Waals surface area contributed by atoms with Crippen molar-refractivity contribution in [3.05, 3.63) is 17.3 Å². The van der Waals surface area contributed by atoms with Crippen molar-refractivity contribution in [3.8, 4) is 0 Å². The summed E-state index contributed by atoms with van der Waals surface area (Å²) < 4.78 is 5.48. The zero-order valence-corrected chi connectivity index (χ0v) is 13.2. The van der Waals surface area contributed by atoms with Gasteiger partial charge >= 0.3 is 0 Å². The average molecular weight is 295 g/mol. The lowest BCUT2D eigenvalue weighted by Crippen LogP contribution is -2.39. The number of nitrogens with one attached hydrogen (secondary N) is 3. The molecule has 0 aliphatic rings. The van der Waals surface area contributed by atoms with Crippen LogP contribution in [0.2, 0.25) is 0 Å². The number of aryl methyl sites for hydroxylation is 2. The van der Waals surface area contributed by atoms with Crippen LogP contribution in [0.1, 0.15) is 37.1 Å². The Morgan fingerprint density at radius 1 is 1.24 bits per heavy atom. The molecule has 21 heavy (non-hydrogen) atoms. The molecule has 1 amide bonds. The largest absolute Gasteiger partial charge is 0.444 e. The Hall–Kier alpha value is -2.05. The first kappa shape index (κ1) is 17.0. The lowest BCUT2D eigenvalue weighted by Gasteiger charge is -2.10. The summed E-state index contributed by atoms with van der Waals surface area (Å²) in [4.78, 5) is 19.8. The summed E-state index contributed by atoms with van der Waals surface area (Å²) in [7, 11) is 1.68. The van der Waals surface area contributed by atoms with Crippen LogP contribution in [0.5, 0.6) is 0 Å². The molecule has 0 fully saturated rings. The van der Waals surface area contributed by atoms with Crippen LogP contribution >= 0.6 is 0 Å². The number of aromatic nitrogens is 1. The Kier molecular flexibility index (Phi) is 7.28. The maximum Gasteiger partial charge on any atom is 0.221 e. The van der Waals surface area contributed by atoms with E-state index in [0.29, 0.717) is 37.9 Å². The van der Waals surface area contributed by atoms with Crippen LogP contribution in [0, 0.1) is 13.8 Å². The molecular formula is C14H25N5O2. The predicted octanol–water partition coefficient (Wildman–Crippen LogP) is 0.873. The van der Waals surface area contributed by atoms with Crippen LogP contribution in [0.15, 0.2) is 9.41 Å². The highest BCUT2D eigenvalue weighted by Crippen LogP contribution is 2.07. The number of nitrogens with zero attached hydrogens (tertiary/aromatic N) is 2. The quantitative estimate of drug-likeness (QED) is 0.513. The van der Waals surface area contributed by atoms with E-state index in [0.717, 1.165) is 17.9 Å². The molecule has 0 saturated heterocycles. The topological polar surface area (TPSA) is 91.5 Å². The van der Waals surface area contributed by atoms with Gasteiger partial charge in [0.05, 0.1) is 12.2 Å². The van der Waals surface area contributed by atoms with E-state index in [1.807, 2.05) is 20.8 Å². The summed E-state index contributed by atoms with van der Waals surface area (Å²) in [6.45, 7) is 7.51. The highest BCUT2D eigenvalue weighted by atomic mass is 16.4. The van der Waals surface area contributed by atoms with Gasteiger partial charge in [0.15, 0.2) is 5.96 Å². The van der Waals surface area contributed by atoms with E-state index in [9.17, 15) is 4.79 Å². The highest BCUT2D eigenvalue weighted by molar-refractivity contribution is 5.81. The average Bonchev–Trinajstić information content (AvgIpc) is 2.79. The first-order chi connectivity index (χ1) is 10.1. The molecule has 0 saturated carbocycles. The first-order valence-electron chi connectivity index (χ1n) is 7.21. The van der Waals surface area contributed by atoms with E-state index in [2.05, 4.69) is 25.9 Å². The number of aliphatic imine (C=N–C) groups is 1. The molecule has 3 N–H and O–H groups in total. The second-order valence-electron chi connectivity index (χ2n) is 4.70. The van der Waals surface area contributed by atoms with Gasteiger partial charge in [-0.3, -0.25) is 9.79 Å². The summed E-state index contributed by atoms with van der Waals surface area (Å²) in [6.07, 6.45) is 1.36. The Morgan fingerprint density at radius 3 is 2.57 bits per heavy atom. The molecule has 1 aromatic rings. The third-order valence-electron chi connectivity index (χ3n) is 2.92. The van der Waals surface area contributed by atoms with Crippen molar-refractivity contribution in [3.63, 3.8) is 0 Å². The van der Waals surface area contributed by atoms with Gasteiger partial charge in [-0.2, -0.15) is 0 Å². The van der Waals surface area contributed by atoms with Gasteiger partial charge in [-0.25, -0.2) is 4.98 Å². The van der Waals surface area contributed by atoms with Crippen molar-refractivity contribution in [2.75, 3.05) is 20.1 Å². The molecular weight excluding hydrogens is 270 g/mol. The standard InChI is InChI=1S/C14H25N5O2/c1-5-7-16-12(20)6-8-17-14(15-4)18-9-13-19-10(2)11(3)21-13/h5-9H2,1-4H3,(H,16,20)(H2,15,17,18). The van der Waals surface area contributed by atoms with E-state index in [4.69, 9.17) is 4.42 Å². The predicted molar refractivity (Wildman–Crippen MR) is 82.1 cm³/mol. The number of amides is 1. The summed E-state index contributed by atoms with van der Waals surface area (Å²) >= 11 is 0. The normalized spacial score (nSPS) is 11.3. The second-order valence-corrected chi connectivity index (χ2v) is 4.70. The van der Waals surface area contributed by atoms with Gasteiger partial charge in [0.25, 0.3) is 0 Å². The van der Waals surface area contributed by atoms with Gasteiger partial charge in [-0.05, 0) is 20.3 Å². The highest BCUT2D eigenvalue weighted by Gasteiger charge is 2.06. The minimum atomic E-state index is 0.0405. The van der Waals surface area contributed by atoms with Gasteiger partial charge in [0.2, 0.25) is 11.8 Å². The number of hydrogen-bond acceptors (Lipinski definition) is 4. The molecule has 7 nitrogen and oxygen atoms in total. The lowest BCUT2D eigenvalue weighted by molar-refractivity contribution is -0.120. The van der Waals surface area contributed by atoms with Gasteiger partial charge in [0, 0.05) is 26.6 Å². The van der Waals surface area contributed by atoms with Crippen LogP contribution < -0.4 is 16.0 Å². The third-order valence-corrected chi connectivity index (χ3v) is 2.92. The minimum Gasteiger partial charge on any atom is -0.444 e. The molecule has 0 atom stereocenters. The first-order valence-corrected chi connectivity index (χ1v) is 7.21. The smallest absolute Gasteiger partial charge is 0.221 e. The summed E-state index contributed by atoms with van der Waals surface area (Å²) in [5.74, 6) is 2.10. The number of carbonyl (C=O) groups is 1. The number of guanidine groups is 1. The number of hydrogen-bond donors (Lipinski definition) is 3. The summed E-state index contributed by atoms with van der Waals surface area (Å²) in [6, 6.07) is 0. The van der Waals surface area contributed by atoms with Gasteiger partial charge in [-0.1, -0.05) is 6.92 Å².